The van der Waals surface area contributed by atoms with Crippen LogP contribution in [0.3, 0.4) is 0 Å². The number of benzene rings is 1. The molecule has 1 aliphatic heterocycles. The molecule has 1 aromatic heterocycles. The number of hydrogen-bond acceptors (Lipinski definition) is 3. The molecular formula is C14H15ClN2O. The molecule has 1 saturated heterocycles. The summed E-state index contributed by atoms with van der Waals surface area (Å²) in [5, 5.41) is 1.70. The van der Waals surface area contributed by atoms with Crippen molar-refractivity contribution in [3.8, 4) is 0 Å². The van der Waals surface area contributed by atoms with E-state index in [4.69, 9.17) is 22.1 Å². The average Bonchev–Trinajstić information content (AvgIpc) is 2.88. The van der Waals surface area contributed by atoms with Gasteiger partial charge in [-0.25, -0.2) is 0 Å². The Morgan fingerprint density at radius 3 is 3.11 bits per heavy atom. The number of aromatic nitrogens is 1. The summed E-state index contributed by atoms with van der Waals surface area (Å²) in [5.41, 5.74) is 7.84. The van der Waals surface area contributed by atoms with Crippen molar-refractivity contribution in [2.45, 2.75) is 12.5 Å². The van der Waals surface area contributed by atoms with Crippen LogP contribution in [-0.4, -0.2) is 18.1 Å². The van der Waals surface area contributed by atoms with E-state index in [1.165, 1.54) is 0 Å². The first-order valence-corrected chi connectivity index (χ1v) is 6.54. The van der Waals surface area contributed by atoms with Crippen LogP contribution in [0.15, 0.2) is 30.5 Å². The highest BCUT2D eigenvalue weighted by molar-refractivity contribution is 6.35. The van der Waals surface area contributed by atoms with Crippen LogP contribution < -0.4 is 5.73 Å². The zero-order valence-corrected chi connectivity index (χ0v) is 10.7. The summed E-state index contributed by atoms with van der Waals surface area (Å²) < 4.78 is 5.83. The highest BCUT2D eigenvalue weighted by Gasteiger charge is 2.30. The maximum absolute atomic E-state index is 6.20. The zero-order valence-electron chi connectivity index (χ0n) is 9.97. The second kappa shape index (κ2) is 4.84. The fourth-order valence-corrected chi connectivity index (χ4v) is 2.82. The minimum absolute atomic E-state index is 0.0460. The average molecular weight is 263 g/mol. The van der Waals surface area contributed by atoms with Crippen molar-refractivity contribution in [3.05, 3.63) is 41.0 Å². The van der Waals surface area contributed by atoms with Gasteiger partial charge in [-0.15, -0.1) is 0 Å². The zero-order chi connectivity index (χ0) is 12.5. The van der Waals surface area contributed by atoms with Crippen LogP contribution in [0.4, 0.5) is 0 Å². The number of nitrogens with two attached hydrogens (primary N) is 1. The molecule has 94 valence electrons. The molecular weight excluding hydrogens is 248 g/mol. The van der Waals surface area contributed by atoms with Crippen molar-refractivity contribution in [3.63, 3.8) is 0 Å². The highest BCUT2D eigenvalue weighted by Crippen LogP contribution is 2.38. The molecule has 3 nitrogen and oxygen atoms in total. The maximum Gasteiger partial charge on any atom is 0.0886 e. The van der Waals surface area contributed by atoms with Gasteiger partial charge in [0, 0.05) is 34.7 Å². The standard InChI is InChI=1S/C14H15ClN2O/c15-12-4-3-11(13-10(12)2-1-6-17-13)14-9(8-16)5-7-18-14/h1-4,6,9,14H,5,7-8,16H2. The molecule has 1 aromatic carbocycles. The normalized spacial score (nSPS) is 23.7. The minimum Gasteiger partial charge on any atom is -0.373 e. The lowest BCUT2D eigenvalue weighted by Gasteiger charge is -2.18. The van der Waals surface area contributed by atoms with Gasteiger partial charge in [0.15, 0.2) is 0 Å². The number of nitrogens with zero attached hydrogens (tertiary/aromatic N) is 1. The maximum atomic E-state index is 6.20. The fourth-order valence-electron chi connectivity index (χ4n) is 2.61. The molecule has 0 spiro atoms. The number of halogens is 1. The Kier molecular flexibility index (Phi) is 3.20. The van der Waals surface area contributed by atoms with Gasteiger partial charge in [0.1, 0.15) is 0 Å². The summed E-state index contributed by atoms with van der Waals surface area (Å²) in [5.74, 6) is 0.372. The number of fused-ring (bicyclic) bond motifs is 1. The molecule has 2 N–H and O–H groups in total. The molecule has 18 heavy (non-hydrogen) atoms. The summed E-state index contributed by atoms with van der Waals surface area (Å²) in [6, 6.07) is 7.81. The number of rotatable bonds is 2. The Labute approximate surface area is 111 Å². The van der Waals surface area contributed by atoms with E-state index < -0.39 is 0 Å². The van der Waals surface area contributed by atoms with E-state index in [0.29, 0.717) is 12.5 Å². The third-order valence-electron chi connectivity index (χ3n) is 3.57. The van der Waals surface area contributed by atoms with E-state index >= 15 is 0 Å². The van der Waals surface area contributed by atoms with Crippen LogP contribution >= 0.6 is 11.6 Å². The first-order valence-electron chi connectivity index (χ1n) is 6.16. The molecule has 2 atom stereocenters. The molecule has 0 radical (unpaired) electrons. The summed E-state index contributed by atoms with van der Waals surface area (Å²) >= 11 is 6.20. The topological polar surface area (TPSA) is 48.1 Å². The van der Waals surface area contributed by atoms with Gasteiger partial charge in [-0.1, -0.05) is 17.7 Å². The lowest BCUT2D eigenvalue weighted by atomic mass is 9.94. The molecule has 4 heteroatoms. The highest BCUT2D eigenvalue weighted by atomic mass is 35.5. The van der Waals surface area contributed by atoms with E-state index in [9.17, 15) is 0 Å². The predicted molar refractivity (Wildman–Crippen MR) is 72.6 cm³/mol. The van der Waals surface area contributed by atoms with Crippen molar-refractivity contribution >= 4 is 22.5 Å². The molecule has 0 aliphatic carbocycles. The first kappa shape index (κ1) is 11.9. The minimum atomic E-state index is 0.0460. The van der Waals surface area contributed by atoms with E-state index in [1.807, 2.05) is 24.3 Å². The molecule has 0 amide bonds. The lowest BCUT2D eigenvalue weighted by molar-refractivity contribution is 0.0935. The quantitative estimate of drug-likeness (QED) is 0.905. The van der Waals surface area contributed by atoms with Gasteiger partial charge in [-0.05, 0) is 31.2 Å². The second-order valence-electron chi connectivity index (χ2n) is 4.61. The van der Waals surface area contributed by atoms with Crippen molar-refractivity contribution < 1.29 is 4.74 Å². The van der Waals surface area contributed by atoms with Crippen LogP contribution in [0.5, 0.6) is 0 Å². The number of hydrogen-bond donors (Lipinski definition) is 1. The van der Waals surface area contributed by atoms with Crippen LogP contribution in [0.25, 0.3) is 10.9 Å². The molecule has 2 aromatic rings. The lowest BCUT2D eigenvalue weighted by Crippen LogP contribution is -2.18. The van der Waals surface area contributed by atoms with Crippen molar-refractivity contribution in [1.29, 1.82) is 0 Å². The Bertz CT molecular complexity index is 573. The van der Waals surface area contributed by atoms with Gasteiger partial charge in [0.05, 0.1) is 11.6 Å². The van der Waals surface area contributed by atoms with Crippen LogP contribution in [0.1, 0.15) is 18.1 Å². The molecule has 1 fully saturated rings. The van der Waals surface area contributed by atoms with E-state index in [-0.39, 0.29) is 6.10 Å². The van der Waals surface area contributed by atoms with Crippen molar-refractivity contribution in [2.75, 3.05) is 13.2 Å². The summed E-state index contributed by atoms with van der Waals surface area (Å²) in [4.78, 5) is 4.45. The molecule has 0 saturated carbocycles. The second-order valence-corrected chi connectivity index (χ2v) is 5.02. The monoisotopic (exact) mass is 262 g/mol. The molecule has 1 aliphatic rings. The van der Waals surface area contributed by atoms with Crippen LogP contribution in [0, 0.1) is 5.92 Å². The third kappa shape index (κ3) is 1.88. The predicted octanol–water partition coefficient (Wildman–Crippen LogP) is 2.92. The van der Waals surface area contributed by atoms with Gasteiger partial charge < -0.3 is 10.5 Å². The third-order valence-corrected chi connectivity index (χ3v) is 3.90. The Hall–Kier alpha value is -1.16. The smallest absolute Gasteiger partial charge is 0.0886 e. The van der Waals surface area contributed by atoms with E-state index in [1.54, 1.807) is 6.20 Å². The summed E-state index contributed by atoms with van der Waals surface area (Å²) in [6.45, 7) is 1.41. The summed E-state index contributed by atoms with van der Waals surface area (Å²) in [6.07, 6.45) is 2.84. The molecule has 2 unspecified atom stereocenters. The Balaban J connectivity index is 2.15. The first-order chi connectivity index (χ1) is 8.81. The van der Waals surface area contributed by atoms with Crippen LogP contribution in [-0.2, 0) is 4.74 Å². The number of ether oxygens (including phenoxy) is 1. The van der Waals surface area contributed by atoms with Gasteiger partial charge >= 0.3 is 0 Å². The number of pyridine rings is 1. The van der Waals surface area contributed by atoms with Gasteiger partial charge in [0.2, 0.25) is 0 Å². The Morgan fingerprint density at radius 1 is 1.39 bits per heavy atom. The molecule has 2 heterocycles. The van der Waals surface area contributed by atoms with Gasteiger partial charge in [-0.3, -0.25) is 4.98 Å². The molecule has 0 bridgehead atoms. The fraction of sp³-hybridized carbons (Fsp3) is 0.357. The summed E-state index contributed by atoms with van der Waals surface area (Å²) in [7, 11) is 0. The largest absolute Gasteiger partial charge is 0.373 e. The van der Waals surface area contributed by atoms with E-state index in [2.05, 4.69) is 4.98 Å². The SMILES string of the molecule is NCC1CCOC1c1ccc(Cl)c2cccnc12. The van der Waals surface area contributed by atoms with Gasteiger partial charge in [0.25, 0.3) is 0 Å². The van der Waals surface area contributed by atoms with E-state index in [0.717, 1.165) is 34.5 Å². The molecule has 3 rings (SSSR count). The Morgan fingerprint density at radius 2 is 2.28 bits per heavy atom. The van der Waals surface area contributed by atoms with Gasteiger partial charge in [-0.2, -0.15) is 0 Å². The van der Waals surface area contributed by atoms with Crippen molar-refractivity contribution in [2.24, 2.45) is 11.7 Å². The van der Waals surface area contributed by atoms with Crippen LogP contribution in [0.2, 0.25) is 5.02 Å². The van der Waals surface area contributed by atoms with Crippen molar-refractivity contribution in [1.82, 2.24) is 4.98 Å².